The summed E-state index contributed by atoms with van der Waals surface area (Å²) in [5.74, 6) is 0. The smallest absolute Gasteiger partial charge is 0.193 e. The van der Waals surface area contributed by atoms with Gasteiger partial charge in [-0.1, -0.05) is 20.8 Å². The molecule has 1 rings (SSSR count). The quantitative estimate of drug-likeness (QED) is 0.548. The Labute approximate surface area is 93.5 Å². The SMILES string of the molecule is CC(C)(C)[Si](C)(C)O[C@@H](C#N)C[C@H]1CO1. The maximum absolute atomic E-state index is 9.02. The van der Waals surface area contributed by atoms with Crippen molar-refractivity contribution in [3.05, 3.63) is 0 Å². The van der Waals surface area contributed by atoms with E-state index in [1.165, 1.54) is 0 Å². The van der Waals surface area contributed by atoms with Gasteiger partial charge in [0.15, 0.2) is 8.32 Å². The minimum absolute atomic E-state index is 0.159. The lowest BCUT2D eigenvalue weighted by Gasteiger charge is -2.37. The molecular formula is C11H21NO2Si. The van der Waals surface area contributed by atoms with Gasteiger partial charge in [-0.25, -0.2) is 0 Å². The van der Waals surface area contributed by atoms with Gasteiger partial charge < -0.3 is 9.16 Å². The second-order valence-electron chi connectivity index (χ2n) is 5.69. The molecule has 0 radical (unpaired) electrons. The monoisotopic (exact) mass is 227 g/mol. The number of epoxide rings is 1. The van der Waals surface area contributed by atoms with Crippen LogP contribution in [0.15, 0.2) is 0 Å². The average molecular weight is 227 g/mol. The lowest BCUT2D eigenvalue weighted by molar-refractivity contribution is 0.205. The van der Waals surface area contributed by atoms with Crippen LogP contribution in [-0.2, 0) is 9.16 Å². The number of nitrogens with zero attached hydrogens (tertiary/aromatic N) is 1. The molecule has 1 aliphatic heterocycles. The predicted octanol–water partition coefficient (Wildman–Crippen LogP) is 2.69. The van der Waals surface area contributed by atoms with E-state index in [0.29, 0.717) is 0 Å². The molecule has 1 fully saturated rings. The van der Waals surface area contributed by atoms with Gasteiger partial charge in [0.25, 0.3) is 0 Å². The fraction of sp³-hybridized carbons (Fsp3) is 0.909. The van der Waals surface area contributed by atoms with Crippen LogP contribution in [0, 0.1) is 11.3 Å². The van der Waals surface area contributed by atoms with Crippen molar-refractivity contribution >= 4 is 8.32 Å². The maximum atomic E-state index is 9.02. The van der Waals surface area contributed by atoms with Crippen LogP contribution in [0.25, 0.3) is 0 Å². The maximum Gasteiger partial charge on any atom is 0.193 e. The first kappa shape index (κ1) is 12.7. The van der Waals surface area contributed by atoms with Gasteiger partial charge in [-0.05, 0) is 18.1 Å². The summed E-state index contributed by atoms with van der Waals surface area (Å²) in [5, 5.41) is 9.18. The molecular weight excluding hydrogens is 206 g/mol. The largest absolute Gasteiger partial charge is 0.401 e. The molecule has 0 aromatic carbocycles. The van der Waals surface area contributed by atoms with Gasteiger partial charge in [0.2, 0.25) is 0 Å². The molecule has 2 atom stereocenters. The van der Waals surface area contributed by atoms with Crippen LogP contribution in [0.1, 0.15) is 27.2 Å². The van der Waals surface area contributed by atoms with E-state index in [1.807, 2.05) is 0 Å². The van der Waals surface area contributed by atoms with Crippen molar-refractivity contribution in [1.82, 2.24) is 0 Å². The first-order valence-electron chi connectivity index (χ1n) is 5.45. The van der Waals surface area contributed by atoms with E-state index < -0.39 is 8.32 Å². The summed E-state index contributed by atoms with van der Waals surface area (Å²) in [7, 11) is -1.81. The third kappa shape index (κ3) is 3.60. The van der Waals surface area contributed by atoms with Crippen LogP contribution in [0.5, 0.6) is 0 Å². The van der Waals surface area contributed by atoms with Gasteiger partial charge in [0, 0.05) is 6.42 Å². The zero-order valence-electron chi connectivity index (χ0n) is 10.3. The van der Waals surface area contributed by atoms with E-state index in [0.717, 1.165) is 13.0 Å². The van der Waals surface area contributed by atoms with Crippen LogP contribution in [-0.4, -0.2) is 27.1 Å². The molecule has 3 nitrogen and oxygen atoms in total. The van der Waals surface area contributed by atoms with Gasteiger partial charge in [0.05, 0.1) is 18.8 Å². The molecule has 86 valence electrons. The van der Waals surface area contributed by atoms with E-state index in [9.17, 15) is 0 Å². The van der Waals surface area contributed by atoms with Crippen LogP contribution >= 0.6 is 0 Å². The van der Waals surface area contributed by atoms with Crippen LogP contribution in [0.3, 0.4) is 0 Å². The van der Waals surface area contributed by atoms with Gasteiger partial charge in [-0.15, -0.1) is 0 Å². The van der Waals surface area contributed by atoms with E-state index in [4.69, 9.17) is 14.4 Å². The van der Waals surface area contributed by atoms with Crippen molar-refractivity contribution in [1.29, 1.82) is 5.26 Å². The van der Waals surface area contributed by atoms with E-state index in [-0.39, 0.29) is 17.2 Å². The Morgan fingerprint density at radius 2 is 2.07 bits per heavy atom. The average Bonchev–Trinajstić information content (AvgIpc) is 2.84. The second kappa shape index (κ2) is 4.24. The summed E-state index contributed by atoms with van der Waals surface area (Å²) in [6, 6.07) is 2.23. The van der Waals surface area contributed by atoms with Crippen molar-refractivity contribution in [3.63, 3.8) is 0 Å². The fourth-order valence-corrected chi connectivity index (χ4v) is 2.32. The molecule has 0 unspecified atom stereocenters. The topological polar surface area (TPSA) is 45.5 Å². The number of hydrogen-bond donors (Lipinski definition) is 0. The Morgan fingerprint density at radius 1 is 1.53 bits per heavy atom. The summed E-state index contributed by atoms with van der Waals surface area (Å²) < 4.78 is 11.1. The van der Waals surface area contributed by atoms with Crippen molar-refractivity contribution in [2.75, 3.05) is 6.61 Å². The first-order chi connectivity index (χ1) is 6.76. The summed E-state index contributed by atoms with van der Waals surface area (Å²) in [5.41, 5.74) is 0. The molecule has 1 saturated heterocycles. The predicted molar refractivity (Wildman–Crippen MR) is 62.0 cm³/mol. The van der Waals surface area contributed by atoms with Crippen LogP contribution < -0.4 is 0 Å². The molecule has 1 heterocycles. The van der Waals surface area contributed by atoms with E-state index >= 15 is 0 Å². The molecule has 0 saturated carbocycles. The molecule has 0 bridgehead atoms. The number of hydrogen-bond acceptors (Lipinski definition) is 3. The van der Waals surface area contributed by atoms with Crippen molar-refractivity contribution in [2.24, 2.45) is 0 Å². The van der Waals surface area contributed by atoms with Crippen LogP contribution in [0.2, 0.25) is 18.1 Å². The van der Waals surface area contributed by atoms with Crippen molar-refractivity contribution < 1.29 is 9.16 Å². The van der Waals surface area contributed by atoms with Crippen molar-refractivity contribution in [2.45, 2.75) is 57.5 Å². The Morgan fingerprint density at radius 3 is 2.40 bits per heavy atom. The molecule has 1 aliphatic rings. The highest BCUT2D eigenvalue weighted by Gasteiger charge is 2.40. The van der Waals surface area contributed by atoms with Gasteiger partial charge in [-0.2, -0.15) is 5.26 Å². The third-order valence-corrected chi connectivity index (χ3v) is 7.75. The minimum atomic E-state index is -1.81. The first-order valence-corrected chi connectivity index (χ1v) is 8.36. The Bertz CT molecular complexity index is 261. The summed E-state index contributed by atoms with van der Waals surface area (Å²) in [4.78, 5) is 0. The van der Waals surface area contributed by atoms with E-state index in [1.54, 1.807) is 0 Å². The number of ether oxygens (including phenoxy) is 1. The summed E-state index contributed by atoms with van der Waals surface area (Å²) >= 11 is 0. The summed E-state index contributed by atoms with van der Waals surface area (Å²) in [6.07, 6.45) is 0.695. The Balaban J connectivity index is 2.53. The van der Waals surface area contributed by atoms with Gasteiger partial charge >= 0.3 is 0 Å². The lowest BCUT2D eigenvalue weighted by atomic mass is 10.2. The molecule has 0 N–H and O–H groups in total. The lowest BCUT2D eigenvalue weighted by Crippen LogP contribution is -2.43. The number of nitriles is 1. The fourth-order valence-electron chi connectivity index (χ4n) is 1.10. The molecule has 15 heavy (non-hydrogen) atoms. The van der Waals surface area contributed by atoms with Gasteiger partial charge in [-0.3, -0.25) is 0 Å². The van der Waals surface area contributed by atoms with Crippen molar-refractivity contribution in [3.8, 4) is 6.07 Å². The highest BCUT2D eigenvalue weighted by atomic mass is 28.4. The Kier molecular flexibility index (Phi) is 3.59. The normalized spacial score (nSPS) is 23.3. The highest BCUT2D eigenvalue weighted by Crippen LogP contribution is 2.38. The highest BCUT2D eigenvalue weighted by molar-refractivity contribution is 6.74. The standard InChI is InChI=1S/C11H21NO2Si/c1-11(2,3)15(4,5)14-9(7-12)6-10-8-13-10/h9-10H,6,8H2,1-5H3/t9-,10+/m1/s1. The van der Waals surface area contributed by atoms with Gasteiger partial charge in [0.1, 0.15) is 6.10 Å². The van der Waals surface area contributed by atoms with Crippen LogP contribution in [0.4, 0.5) is 0 Å². The zero-order valence-corrected chi connectivity index (χ0v) is 11.3. The number of rotatable bonds is 4. The Hall–Kier alpha value is -0.373. The second-order valence-corrected chi connectivity index (χ2v) is 10.4. The molecule has 0 aromatic heterocycles. The molecule has 0 aliphatic carbocycles. The zero-order chi connectivity index (χ0) is 11.7. The third-order valence-electron chi connectivity index (χ3n) is 3.27. The van der Waals surface area contributed by atoms with E-state index in [2.05, 4.69) is 39.9 Å². The molecule has 4 heteroatoms. The summed E-state index contributed by atoms with van der Waals surface area (Å²) in [6.45, 7) is 11.7. The molecule has 0 aromatic rings. The molecule has 0 amide bonds. The minimum Gasteiger partial charge on any atom is -0.401 e. The molecule has 0 spiro atoms.